The number of allylic oxidation sites excluding steroid dienone is 2. The lowest BCUT2D eigenvalue weighted by Crippen LogP contribution is -2.20. The van der Waals surface area contributed by atoms with E-state index in [1.165, 1.54) is 5.57 Å². The Kier molecular flexibility index (Phi) is 9.25. The summed E-state index contributed by atoms with van der Waals surface area (Å²) in [6.45, 7) is 12.0. The van der Waals surface area contributed by atoms with Crippen molar-refractivity contribution in [3.05, 3.63) is 66.3 Å². The predicted octanol–water partition coefficient (Wildman–Crippen LogP) is 4.69. The van der Waals surface area contributed by atoms with Crippen molar-refractivity contribution < 1.29 is 9.84 Å². The highest BCUT2D eigenvalue weighted by atomic mass is 16.5. The van der Waals surface area contributed by atoms with Crippen LogP contribution in [0.1, 0.15) is 39.2 Å². The summed E-state index contributed by atoms with van der Waals surface area (Å²) < 4.78 is 5.71. The van der Waals surface area contributed by atoms with Gasteiger partial charge in [-0.15, -0.1) is 6.58 Å². The van der Waals surface area contributed by atoms with E-state index < -0.39 is 5.60 Å². The van der Waals surface area contributed by atoms with Crippen LogP contribution in [0.5, 0.6) is 5.75 Å². The fourth-order valence-corrected chi connectivity index (χ4v) is 2.46. The molecule has 0 aliphatic carbocycles. The lowest BCUT2D eigenvalue weighted by Gasteiger charge is -2.23. The molecule has 0 spiro atoms. The van der Waals surface area contributed by atoms with Crippen LogP contribution >= 0.6 is 0 Å². The number of benzene rings is 1. The minimum atomic E-state index is -0.819. The van der Waals surface area contributed by atoms with Crippen LogP contribution in [0.15, 0.2) is 60.7 Å². The summed E-state index contributed by atoms with van der Waals surface area (Å²) in [6, 6.07) is 7.73. The molecule has 1 aromatic carbocycles. The maximum absolute atomic E-state index is 10.6. The molecule has 1 aromatic rings. The highest BCUT2D eigenvalue weighted by molar-refractivity contribution is 5.30. The van der Waals surface area contributed by atoms with Crippen molar-refractivity contribution in [2.45, 2.75) is 39.2 Å². The molecule has 0 saturated carbocycles. The molecule has 0 bridgehead atoms. The second kappa shape index (κ2) is 10.9. The lowest BCUT2D eigenvalue weighted by molar-refractivity contribution is 0.0487. The average molecular weight is 344 g/mol. The first kappa shape index (κ1) is 21.2. The first-order chi connectivity index (χ1) is 11.8. The minimum absolute atomic E-state index is 0.540. The Labute approximate surface area is 153 Å². The van der Waals surface area contributed by atoms with Crippen LogP contribution in [0.2, 0.25) is 0 Å². The molecule has 138 valence electrons. The molecule has 1 rings (SSSR count). The zero-order valence-electron chi connectivity index (χ0n) is 16.2. The Hall–Kier alpha value is -1.84. The number of likely N-dealkylation sites (N-methyl/N-ethyl adjacent to an activating group) is 1. The summed E-state index contributed by atoms with van der Waals surface area (Å²) in [7, 11) is 2.05. The molecule has 0 aromatic heterocycles. The maximum atomic E-state index is 10.6. The molecule has 0 aliphatic heterocycles. The fourth-order valence-electron chi connectivity index (χ4n) is 2.46. The summed E-state index contributed by atoms with van der Waals surface area (Å²) in [6.07, 6.45) is 9.73. The SMILES string of the molecule is C=CCN(C)CC=CCOc1ccc(C(C)(O)CCC=C(C)C)cc1. The Morgan fingerprint density at radius 2 is 1.88 bits per heavy atom. The number of nitrogens with zero attached hydrogens (tertiary/aromatic N) is 1. The molecule has 3 heteroatoms. The van der Waals surface area contributed by atoms with Gasteiger partial charge in [0.2, 0.25) is 0 Å². The van der Waals surface area contributed by atoms with Crippen LogP contribution in [-0.2, 0) is 5.60 Å². The molecule has 0 radical (unpaired) electrons. The first-order valence-electron chi connectivity index (χ1n) is 8.88. The van der Waals surface area contributed by atoms with Crippen LogP contribution in [-0.4, -0.2) is 36.8 Å². The summed E-state index contributed by atoms with van der Waals surface area (Å²) >= 11 is 0. The molecule has 0 fully saturated rings. The second-order valence-corrected chi connectivity index (χ2v) is 6.91. The number of hydrogen-bond donors (Lipinski definition) is 1. The quantitative estimate of drug-likeness (QED) is 0.592. The van der Waals surface area contributed by atoms with Crippen LogP contribution in [0.3, 0.4) is 0 Å². The molecule has 0 aliphatic rings. The number of aliphatic hydroxyl groups is 1. The molecule has 25 heavy (non-hydrogen) atoms. The van der Waals surface area contributed by atoms with E-state index in [0.29, 0.717) is 13.0 Å². The van der Waals surface area contributed by atoms with Gasteiger partial charge in [0.1, 0.15) is 12.4 Å². The van der Waals surface area contributed by atoms with Crippen molar-refractivity contribution in [3.8, 4) is 5.75 Å². The minimum Gasteiger partial charge on any atom is -0.490 e. The third kappa shape index (κ3) is 8.71. The Balaban J connectivity index is 2.46. The van der Waals surface area contributed by atoms with Crippen LogP contribution in [0.4, 0.5) is 0 Å². The van der Waals surface area contributed by atoms with Gasteiger partial charge in [0.25, 0.3) is 0 Å². The van der Waals surface area contributed by atoms with E-state index in [-0.39, 0.29) is 0 Å². The first-order valence-corrected chi connectivity index (χ1v) is 8.88. The van der Waals surface area contributed by atoms with E-state index in [0.717, 1.165) is 30.8 Å². The van der Waals surface area contributed by atoms with Gasteiger partial charge in [-0.3, -0.25) is 4.90 Å². The van der Waals surface area contributed by atoms with Crippen molar-refractivity contribution >= 4 is 0 Å². The zero-order chi connectivity index (χ0) is 18.7. The van der Waals surface area contributed by atoms with Crippen molar-refractivity contribution in [2.24, 2.45) is 0 Å². The maximum Gasteiger partial charge on any atom is 0.119 e. The Bertz CT molecular complexity index is 566. The average Bonchev–Trinajstić information content (AvgIpc) is 2.54. The topological polar surface area (TPSA) is 32.7 Å². The lowest BCUT2D eigenvalue weighted by atomic mass is 9.91. The van der Waals surface area contributed by atoms with Crippen LogP contribution in [0.25, 0.3) is 0 Å². The van der Waals surface area contributed by atoms with E-state index in [9.17, 15) is 5.11 Å². The Morgan fingerprint density at radius 3 is 2.48 bits per heavy atom. The molecular weight excluding hydrogens is 310 g/mol. The second-order valence-electron chi connectivity index (χ2n) is 6.91. The van der Waals surface area contributed by atoms with Gasteiger partial charge in [-0.2, -0.15) is 0 Å². The van der Waals surface area contributed by atoms with E-state index in [1.807, 2.05) is 43.3 Å². The van der Waals surface area contributed by atoms with Gasteiger partial charge in [-0.25, -0.2) is 0 Å². The summed E-state index contributed by atoms with van der Waals surface area (Å²) in [5, 5.41) is 10.6. The molecule has 1 N–H and O–H groups in total. The third-order valence-electron chi connectivity index (χ3n) is 4.03. The zero-order valence-corrected chi connectivity index (χ0v) is 16.2. The number of rotatable bonds is 11. The summed E-state index contributed by atoms with van der Waals surface area (Å²) in [5.41, 5.74) is 1.38. The molecule has 1 atom stereocenters. The van der Waals surface area contributed by atoms with Crippen molar-refractivity contribution in [2.75, 3.05) is 26.7 Å². The molecule has 0 saturated heterocycles. The van der Waals surface area contributed by atoms with Crippen molar-refractivity contribution in [1.29, 1.82) is 0 Å². The van der Waals surface area contributed by atoms with Crippen LogP contribution < -0.4 is 4.74 Å². The summed E-state index contributed by atoms with van der Waals surface area (Å²) in [5.74, 6) is 0.813. The molecule has 0 amide bonds. The van der Waals surface area contributed by atoms with Gasteiger partial charge >= 0.3 is 0 Å². The van der Waals surface area contributed by atoms with Crippen molar-refractivity contribution in [1.82, 2.24) is 4.90 Å². The summed E-state index contributed by atoms with van der Waals surface area (Å²) in [4.78, 5) is 2.16. The van der Waals surface area contributed by atoms with E-state index in [4.69, 9.17) is 4.74 Å². The van der Waals surface area contributed by atoms with E-state index >= 15 is 0 Å². The fraction of sp³-hybridized carbons (Fsp3) is 0.455. The smallest absolute Gasteiger partial charge is 0.119 e. The van der Waals surface area contributed by atoms with Gasteiger partial charge in [0.15, 0.2) is 0 Å². The highest BCUT2D eigenvalue weighted by Crippen LogP contribution is 2.28. The van der Waals surface area contributed by atoms with Crippen LogP contribution in [0, 0.1) is 0 Å². The monoisotopic (exact) mass is 343 g/mol. The van der Waals surface area contributed by atoms with Gasteiger partial charge in [0, 0.05) is 13.1 Å². The normalized spacial score (nSPS) is 13.7. The highest BCUT2D eigenvalue weighted by Gasteiger charge is 2.21. The molecular formula is C22H33NO2. The van der Waals surface area contributed by atoms with Gasteiger partial charge in [-0.1, -0.05) is 42.0 Å². The number of ether oxygens (including phenoxy) is 1. The van der Waals surface area contributed by atoms with Gasteiger partial charge < -0.3 is 9.84 Å². The van der Waals surface area contributed by atoms with E-state index in [2.05, 4.69) is 44.5 Å². The van der Waals surface area contributed by atoms with Gasteiger partial charge in [-0.05, 0) is 58.4 Å². The molecule has 0 heterocycles. The largest absolute Gasteiger partial charge is 0.490 e. The Morgan fingerprint density at radius 1 is 1.20 bits per heavy atom. The standard InChI is InChI=1S/C22H33NO2/c1-6-16-23(5)17-7-8-18-25-21-13-11-20(12-14-21)22(4,24)15-9-10-19(2)3/h6-8,10-14,24H,1,9,15-18H2,2-5H3. The van der Waals surface area contributed by atoms with Crippen molar-refractivity contribution in [3.63, 3.8) is 0 Å². The predicted molar refractivity (Wildman–Crippen MR) is 107 cm³/mol. The molecule has 3 nitrogen and oxygen atoms in total. The van der Waals surface area contributed by atoms with E-state index in [1.54, 1.807) is 0 Å². The third-order valence-corrected chi connectivity index (χ3v) is 4.03. The molecule has 1 unspecified atom stereocenters. The van der Waals surface area contributed by atoms with Gasteiger partial charge in [0.05, 0.1) is 5.60 Å². The number of hydrogen-bond acceptors (Lipinski definition) is 3.